The summed E-state index contributed by atoms with van der Waals surface area (Å²) in [5.41, 5.74) is 0.773. The average Bonchev–Trinajstić information content (AvgIpc) is 3.20. The molecule has 0 aliphatic carbocycles. The molecule has 1 fully saturated rings. The minimum atomic E-state index is -3.75. The summed E-state index contributed by atoms with van der Waals surface area (Å²) >= 11 is 1.23. The van der Waals surface area contributed by atoms with Crippen molar-refractivity contribution >= 4 is 37.5 Å². The molecule has 3 aromatic rings. The van der Waals surface area contributed by atoms with Crippen LogP contribution in [0.4, 0.5) is 4.39 Å². The Kier molecular flexibility index (Phi) is 8.00. The van der Waals surface area contributed by atoms with Crippen molar-refractivity contribution in [3.63, 3.8) is 0 Å². The van der Waals surface area contributed by atoms with E-state index in [1.54, 1.807) is 18.2 Å². The fourth-order valence-electron chi connectivity index (χ4n) is 4.09. The van der Waals surface area contributed by atoms with Gasteiger partial charge in [-0.25, -0.2) is 12.8 Å². The monoisotopic (exact) mass is 521 g/mol. The van der Waals surface area contributed by atoms with Crippen molar-refractivity contribution in [2.45, 2.75) is 31.2 Å². The number of carbonyl (C=O) groups is 1. The van der Waals surface area contributed by atoms with Crippen LogP contribution in [0.3, 0.4) is 0 Å². The van der Waals surface area contributed by atoms with Gasteiger partial charge in [-0.1, -0.05) is 11.3 Å². The van der Waals surface area contributed by atoms with E-state index in [9.17, 15) is 17.6 Å². The Morgan fingerprint density at radius 1 is 1.23 bits per heavy atom. The van der Waals surface area contributed by atoms with Crippen LogP contribution in [-0.2, 0) is 26.1 Å². The van der Waals surface area contributed by atoms with Crippen LogP contribution in [0.2, 0.25) is 0 Å². The fraction of sp³-hybridized carbons (Fsp3) is 0.417. The van der Waals surface area contributed by atoms with Gasteiger partial charge in [0, 0.05) is 26.2 Å². The number of thiazole rings is 1. The predicted octanol–water partition coefficient (Wildman–Crippen LogP) is 3.42. The third-order valence-corrected chi connectivity index (χ3v) is 8.87. The number of rotatable bonds is 8. The van der Waals surface area contributed by atoms with E-state index in [1.165, 1.54) is 47.0 Å². The summed E-state index contributed by atoms with van der Waals surface area (Å²) < 4.78 is 54.5. The lowest BCUT2D eigenvalue weighted by Gasteiger charge is -2.30. The molecule has 0 N–H and O–H groups in total. The van der Waals surface area contributed by atoms with E-state index in [0.717, 1.165) is 5.52 Å². The summed E-state index contributed by atoms with van der Waals surface area (Å²) in [6, 6.07) is 10.7. The minimum Gasteiger partial charge on any atom is -0.497 e. The molecule has 0 saturated carbocycles. The van der Waals surface area contributed by atoms with Crippen LogP contribution in [-0.4, -0.2) is 56.6 Å². The number of hydrogen-bond donors (Lipinski definition) is 0. The highest BCUT2D eigenvalue weighted by Gasteiger charge is 2.33. The molecular formula is C24H28FN3O5S2. The third kappa shape index (κ3) is 5.64. The first kappa shape index (κ1) is 25.5. The summed E-state index contributed by atoms with van der Waals surface area (Å²) in [5.74, 6) is -0.730. The van der Waals surface area contributed by atoms with E-state index >= 15 is 0 Å². The predicted molar refractivity (Wildman–Crippen MR) is 131 cm³/mol. The normalized spacial score (nSPS) is 17.7. The molecule has 2 aromatic carbocycles. The molecule has 1 aromatic heterocycles. The maximum atomic E-state index is 13.8. The largest absolute Gasteiger partial charge is 0.497 e. The van der Waals surface area contributed by atoms with Crippen molar-refractivity contribution in [1.82, 2.24) is 8.87 Å². The highest BCUT2D eigenvalue weighted by molar-refractivity contribution is 7.89. The zero-order valence-corrected chi connectivity index (χ0v) is 21.3. The Morgan fingerprint density at radius 2 is 2.00 bits per heavy atom. The maximum Gasteiger partial charge on any atom is 0.252 e. The van der Waals surface area contributed by atoms with Gasteiger partial charge in [0.2, 0.25) is 10.0 Å². The quantitative estimate of drug-likeness (QED) is 0.424. The SMILES string of the molecule is CCOCCn1c(=NC(=O)C2CCCN(S(=O)(=O)c3ccc(OC)cc3)C2)sc2cc(F)ccc21. The van der Waals surface area contributed by atoms with Gasteiger partial charge < -0.3 is 14.0 Å². The number of amides is 1. The van der Waals surface area contributed by atoms with Crippen LogP contribution in [0, 0.1) is 11.7 Å². The van der Waals surface area contributed by atoms with Crippen molar-refractivity contribution in [2.75, 3.05) is 33.4 Å². The van der Waals surface area contributed by atoms with E-state index in [4.69, 9.17) is 9.47 Å². The lowest BCUT2D eigenvalue weighted by Crippen LogP contribution is -2.42. The molecule has 188 valence electrons. The Morgan fingerprint density at radius 3 is 2.71 bits per heavy atom. The van der Waals surface area contributed by atoms with Gasteiger partial charge in [-0.2, -0.15) is 9.30 Å². The second-order valence-electron chi connectivity index (χ2n) is 8.17. The van der Waals surface area contributed by atoms with Crippen molar-refractivity contribution in [3.8, 4) is 5.75 Å². The maximum absolute atomic E-state index is 13.8. The highest BCUT2D eigenvalue weighted by atomic mass is 32.2. The molecule has 1 aliphatic rings. The first-order valence-electron chi connectivity index (χ1n) is 11.4. The van der Waals surface area contributed by atoms with Crippen molar-refractivity contribution in [3.05, 3.63) is 53.1 Å². The molecule has 1 saturated heterocycles. The van der Waals surface area contributed by atoms with Crippen LogP contribution in [0.15, 0.2) is 52.4 Å². The van der Waals surface area contributed by atoms with Crippen molar-refractivity contribution in [2.24, 2.45) is 10.9 Å². The first-order chi connectivity index (χ1) is 16.8. The van der Waals surface area contributed by atoms with E-state index in [0.29, 0.717) is 54.4 Å². The molecule has 11 heteroatoms. The molecule has 4 rings (SSSR count). The summed E-state index contributed by atoms with van der Waals surface area (Å²) in [6.45, 7) is 3.76. The second-order valence-corrected chi connectivity index (χ2v) is 11.1. The van der Waals surface area contributed by atoms with Gasteiger partial charge >= 0.3 is 0 Å². The average molecular weight is 522 g/mol. The number of nitrogens with zero attached hydrogens (tertiary/aromatic N) is 3. The van der Waals surface area contributed by atoms with Crippen molar-refractivity contribution < 1.29 is 27.1 Å². The molecule has 1 atom stereocenters. The van der Waals surface area contributed by atoms with Gasteiger partial charge in [-0.15, -0.1) is 0 Å². The van der Waals surface area contributed by atoms with E-state index in [2.05, 4.69) is 4.99 Å². The number of methoxy groups -OCH3 is 1. The molecule has 8 nitrogen and oxygen atoms in total. The second kappa shape index (κ2) is 11.0. The Bertz CT molecular complexity index is 1370. The summed E-state index contributed by atoms with van der Waals surface area (Å²) in [7, 11) is -2.24. The first-order valence-corrected chi connectivity index (χ1v) is 13.7. The lowest BCUT2D eigenvalue weighted by atomic mass is 9.99. The number of benzene rings is 2. The molecular weight excluding hydrogens is 493 g/mol. The smallest absolute Gasteiger partial charge is 0.252 e. The van der Waals surface area contributed by atoms with Crippen molar-refractivity contribution in [1.29, 1.82) is 0 Å². The third-order valence-electron chi connectivity index (χ3n) is 5.94. The Labute approximate surface area is 207 Å². The van der Waals surface area contributed by atoms with Gasteiger partial charge in [-0.05, 0) is 62.2 Å². The van der Waals surface area contributed by atoms with Crippen LogP contribution in [0.5, 0.6) is 5.75 Å². The minimum absolute atomic E-state index is 0.0646. The number of hydrogen-bond acceptors (Lipinski definition) is 6. The molecule has 0 bridgehead atoms. The van der Waals surface area contributed by atoms with Crippen LogP contribution >= 0.6 is 11.3 Å². The number of fused-ring (bicyclic) bond motifs is 1. The zero-order chi connectivity index (χ0) is 25.0. The van der Waals surface area contributed by atoms with Crippen LogP contribution < -0.4 is 9.54 Å². The molecule has 1 amide bonds. The standard InChI is InChI=1S/C24H28FN3O5S2/c1-3-33-14-13-28-21-11-6-18(25)15-22(21)34-24(28)26-23(29)17-5-4-12-27(16-17)35(30,31)20-9-7-19(32-2)8-10-20/h6-11,15,17H,3-5,12-14,16H2,1-2H3. The summed E-state index contributed by atoms with van der Waals surface area (Å²) in [5, 5.41) is 0. The van der Waals surface area contributed by atoms with Gasteiger partial charge in [-0.3, -0.25) is 4.79 Å². The Balaban J connectivity index is 1.59. The zero-order valence-electron chi connectivity index (χ0n) is 19.6. The summed E-state index contributed by atoms with van der Waals surface area (Å²) in [4.78, 5) is 18.1. The van der Waals surface area contributed by atoms with Gasteiger partial charge in [0.05, 0.1) is 34.7 Å². The number of ether oxygens (including phenoxy) is 2. The molecule has 2 heterocycles. The van der Waals surface area contributed by atoms with E-state index in [1.807, 2.05) is 11.5 Å². The van der Waals surface area contributed by atoms with Gasteiger partial charge in [0.25, 0.3) is 5.91 Å². The van der Waals surface area contributed by atoms with Crippen LogP contribution in [0.25, 0.3) is 10.2 Å². The number of halogens is 1. The summed E-state index contributed by atoms with van der Waals surface area (Å²) in [6.07, 6.45) is 1.11. The molecule has 1 unspecified atom stereocenters. The Hall–Kier alpha value is -2.60. The molecule has 1 aliphatic heterocycles. The number of carbonyl (C=O) groups excluding carboxylic acids is 1. The number of piperidine rings is 1. The lowest BCUT2D eigenvalue weighted by molar-refractivity contribution is -0.122. The van der Waals surface area contributed by atoms with Gasteiger partial charge in [0.1, 0.15) is 11.6 Å². The number of sulfonamides is 1. The molecule has 0 spiro atoms. The van der Waals surface area contributed by atoms with E-state index in [-0.39, 0.29) is 23.2 Å². The molecule has 0 radical (unpaired) electrons. The molecule has 35 heavy (non-hydrogen) atoms. The number of aromatic nitrogens is 1. The fourth-order valence-corrected chi connectivity index (χ4v) is 6.70. The van der Waals surface area contributed by atoms with Gasteiger partial charge in [0.15, 0.2) is 4.80 Å². The topological polar surface area (TPSA) is 90.2 Å². The van der Waals surface area contributed by atoms with E-state index < -0.39 is 15.9 Å². The highest BCUT2D eigenvalue weighted by Crippen LogP contribution is 2.26. The van der Waals surface area contributed by atoms with Crippen LogP contribution in [0.1, 0.15) is 19.8 Å².